The van der Waals surface area contributed by atoms with Gasteiger partial charge in [-0.1, -0.05) is 19.4 Å². The van der Waals surface area contributed by atoms with Crippen LogP contribution in [0.1, 0.15) is 36.2 Å². The molecule has 0 aliphatic rings. The molecule has 5 heteroatoms. The van der Waals surface area contributed by atoms with E-state index in [1.165, 1.54) is 11.8 Å². The van der Waals surface area contributed by atoms with E-state index < -0.39 is 5.97 Å². The first-order valence-corrected chi connectivity index (χ1v) is 6.76. The molecular weight excluding hydrogens is 254 g/mol. The lowest BCUT2D eigenvalue weighted by molar-refractivity contribution is 0.0527. The van der Waals surface area contributed by atoms with Crippen LogP contribution in [0.3, 0.4) is 0 Å². The number of hydrazine groups is 1. The topological polar surface area (TPSA) is 77.2 Å². The molecule has 1 heterocycles. The van der Waals surface area contributed by atoms with Crippen molar-refractivity contribution in [2.45, 2.75) is 26.7 Å². The maximum Gasteiger partial charge on any atom is 0.341 e. The Hall–Kier alpha value is -2.14. The number of rotatable bonds is 5. The highest BCUT2D eigenvalue weighted by Gasteiger charge is 2.16. The van der Waals surface area contributed by atoms with Crippen molar-refractivity contribution < 1.29 is 9.53 Å². The molecule has 1 aromatic carbocycles. The highest BCUT2D eigenvalue weighted by atomic mass is 16.5. The van der Waals surface area contributed by atoms with E-state index in [0.717, 1.165) is 23.7 Å². The molecule has 5 nitrogen and oxygen atoms in total. The minimum absolute atomic E-state index is 0.316. The van der Waals surface area contributed by atoms with Gasteiger partial charge in [-0.05, 0) is 31.0 Å². The predicted molar refractivity (Wildman–Crippen MR) is 79.5 cm³/mol. The highest BCUT2D eigenvalue weighted by Crippen LogP contribution is 2.27. The number of esters is 1. The first kappa shape index (κ1) is 14.3. The second-order valence-electron chi connectivity index (χ2n) is 4.51. The second kappa shape index (κ2) is 6.34. The minimum Gasteiger partial charge on any atom is -0.462 e. The van der Waals surface area contributed by atoms with Crippen LogP contribution in [0.15, 0.2) is 24.4 Å². The maximum absolute atomic E-state index is 11.9. The van der Waals surface area contributed by atoms with E-state index in [-0.39, 0.29) is 0 Å². The molecule has 3 N–H and O–H groups in total. The van der Waals surface area contributed by atoms with E-state index in [1.807, 2.05) is 18.2 Å². The molecule has 0 amide bonds. The van der Waals surface area contributed by atoms with Gasteiger partial charge in [-0.3, -0.25) is 10.8 Å². The summed E-state index contributed by atoms with van der Waals surface area (Å²) >= 11 is 0. The van der Waals surface area contributed by atoms with Crippen LogP contribution in [0.4, 0.5) is 5.69 Å². The van der Waals surface area contributed by atoms with Crippen molar-refractivity contribution >= 4 is 22.6 Å². The van der Waals surface area contributed by atoms with Gasteiger partial charge in [0, 0.05) is 11.6 Å². The number of carbonyl (C=O) groups is 1. The van der Waals surface area contributed by atoms with E-state index in [9.17, 15) is 4.79 Å². The third-order valence-electron chi connectivity index (χ3n) is 3.11. The fourth-order valence-electron chi connectivity index (χ4n) is 2.20. The molecular formula is C15H19N3O2. The van der Waals surface area contributed by atoms with E-state index in [1.54, 1.807) is 6.92 Å². The average Bonchev–Trinajstić information content (AvgIpc) is 2.46. The van der Waals surface area contributed by atoms with Crippen molar-refractivity contribution in [1.29, 1.82) is 0 Å². The van der Waals surface area contributed by atoms with E-state index in [2.05, 4.69) is 17.3 Å². The fraction of sp³-hybridized carbons (Fsp3) is 0.333. The number of benzene rings is 1. The second-order valence-corrected chi connectivity index (χ2v) is 4.51. The van der Waals surface area contributed by atoms with Gasteiger partial charge in [-0.25, -0.2) is 4.79 Å². The monoisotopic (exact) mass is 273 g/mol. The number of hydrogen-bond donors (Lipinski definition) is 2. The van der Waals surface area contributed by atoms with Gasteiger partial charge in [0.2, 0.25) is 0 Å². The largest absolute Gasteiger partial charge is 0.462 e. The predicted octanol–water partition coefficient (Wildman–Crippen LogP) is 2.65. The summed E-state index contributed by atoms with van der Waals surface area (Å²) in [6.07, 6.45) is 3.53. The summed E-state index contributed by atoms with van der Waals surface area (Å²) in [5.74, 6) is 5.17. The van der Waals surface area contributed by atoms with E-state index >= 15 is 0 Å². The van der Waals surface area contributed by atoms with Gasteiger partial charge in [0.25, 0.3) is 0 Å². The first-order chi connectivity index (χ1) is 9.71. The molecule has 2 rings (SSSR count). The van der Waals surface area contributed by atoms with Crippen LogP contribution in [-0.4, -0.2) is 17.6 Å². The lowest BCUT2D eigenvalue weighted by atomic mass is 10.0. The van der Waals surface area contributed by atoms with Crippen molar-refractivity contribution in [3.05, 3.63) is 35.5 Å². The number of hydrogen-bond acceptors (Lipinski definition) is 5. The van der Waals surface area contributed by atoms with Crippen LogP contribution in [0.25, 0.3) is 10.9 Å². The van der Waals surface area contributed by atoms with Crippen molar-refractivity contribution in [2.75, 3.05) is 12.0 Å². The van der Waals surface area contributed by atoms with Gasteiger partial charge in [0.05, 0.1) is 17.8 Å². The average molecular weight is 273 g/mol. The molecule has 0 spiro atoms. The lowest BCUT2D eigenvalue weighted by Gasteiger charge is -2.12. The standard InChI is InChI=1S/C15H19N3O2/c1-3-5-10-6-7-13-11(8-10)14(18-16)12(9-17-13)15(19)20-4-2/h6-9H,3-5,16H2,1-2H3,(H,17,18). The van der Waals surface area contributed by atoms with Gasteiger partial charge in [0.1, 0.15) is 5.56 Å². The lowest BCUT2D eigenvalue weighted by Crippen LogP contribution is -2.15. The summed E-state index contributed by atoms with van der Waals surface area (Å²) in [7, 11) is 0. The number of fused-ring (bicyclic) bond motifs is 1. The smallest absolute Gasteiger partial charge is 0.341 e. The van der Waals surface area contributed by atoms with Crippen molar-refractivity contribution in [2.24, 2.45) is 5.84 Å². The number of anilines is 1. The Labute approximate surface area is 118 Å². The Kier molecular flexibility index (Phi) is 4.53. The molecule has 0 radical (unpaired) electrons. The van der Waals surface area contributed by atoms with Gasteiger partial charge in [-0.2, -0.15) is 0 Å². The summed E-state index contributed by atoms with van der Waals surface area (Å²) in [4.78, 5) is 16.2. The number of nitrogens with two attached hydrogens (primary N) is 1. The molecule has 0 saturated carbocycles. The third kappa shape index (κ3) is 2.72. The molecule has 0 aliphatic heterocycles. The van der Waals surface area contributed by atoms with Crippen LogP contribution >= 0.6 is 0 Å². The number of nitrogens with one attached hydrogen (secondary N) is 1. The van der Waals surface area contributed by atoms with Crippen LogP contribution in [0.2, 0.25) is 0 Å². The molecule has 106 valence electrons. The Morgan fingerprint density at radius 1 is 1.40 bits per heavy atom. The van der Waals surface area contributed by atoms with Crippen LogP contribution in [0.5, 0.6) is 0 Å². The third-order valence-corrected chi connectivity index (χ3v) is 3.11. The Balaban J connectivity index is 2.58. The van der Waals surface area contributed by atoms with Crippen LogP contribution in [-0.2, 0) is 11.2 Å². The maximum atomic E-state index is 11.9. The molecule has 0 atom stereocenters. The Bertz CT molecular complexity index is 626. The van der Waals surface area contributed by atoms with Crippen molar-refractivity contribution in [1.82, 2.24) is 4.98 Å². The summed E-state index contributed by atoms with van der Waals surface area (Å²) in [5.41, 5.74) is 5.52. The fourth-order valence-corrected chi connectivity index (χ4v) is 2.20. The molecule has 20 heavy (non-hydrogen) atoms. The number of aryl methyl sites for hydroxylation is 1. The number of aromatic nitrogens is 1. The van der Waals surface area contributed by atoms with Crippen molar-refractivity contribution in [3.63, 3.8) is 0 Å². The summed E-state index contributed by atoms with van der Waals surface area (Å²) in [6.45, 7) is 4.21. The van der Waals surface area contributed by atoms with E-state index in [0.29, 0.717) is 17.9 Å². The van der Waals surface area contributed by atoms with E-state index in [4.69, 9.17) is 10.6 Å². The SMILES string of the molecule is CCCc1ccc2ncc(C(=O)OCC)c(NN)c2c1. The number of carbonyl (C=O) groups excluding carboxylic acids is 1. The Morgan fingerprint density at radius 2 is 2.20 bits per heavy atom. The molecule has 0 fully saturated rings. The van der Waals surface area contributed by atoms with Gasteiger partial charge < -0.3 is 10.2 Å². The highest BCUT2D eigenvalue weighted by molar-refractivity contribution is 6.04. The normalized spacial score (nSPS) is 10.6. The zero-order valence-corrected chi connectivity index (χ0v) is 11.8. The molecule has 0 aliphatic carbocycles. The van der Waals surface area contributed by atoms with Crippen LogP contribution in [0, 0.1) is 0 Å². The summed E-state index contributed by atoms with van der Waals surface area (Å²) in [6, 6.07) is 6.00. The number of ether oxygens (including phenoxy) is 1. The first-order valence-electron chi connectivity index (χ1n) is 6.76. The number of nitrogens with zero attached hydrogens (tertiary/aromatic N) is 1. The van der Waals surface area contributed by atoms with Gasteiger partial charge in [-0.15, -0.1) is 0 Å². The number of nitrogen functional groups attached to an aromatic ring is 1. The quantitative estimate of drug-likeness (QED) is 0.497. The van der Waals surface area contributed by atoms with Gasteiger partial charge in [0.15, 0.2) is 0 Å². The molecule has 1 aromatic heterocycles. The van der Waals surface area contributed by atoms with Crippen molar-refractivity contribution in [3.8, 4) is 0 Å². The van der Waals surface area contributed by atoms with Crippen LogP contribution < -0.4 is 11.3 Å². The molecule has 2 aromatic rings. The number of pyridine rings is 1. The van der Waals surface area contributed by atoms with Gasteiger partial charge >= 0.3 is 5.97 Å². The zero-order chi connectivity index (χ0) is 14.5. The molecule has 0 saturated heterocycles. The molecule has 0 unspecified atom stereocenters. The Morgan fingerprint density at radius 3 is 2.85 bits per heavy atom. The minimum atomic E-state index is -0.421. The zero-order valence-electron chi connectivity index (χ0n) is 11.8. The molecule has 0 bridgehead atoms. The summed E-state index contributed by atoms with van der Waals surface area (Å²) in [5, 5.41) is 0.837. The summed E-state index contributed by atoms with van der Waals surface area (Å²) < 4.78 is 5.02.